The number of likely N-dealkylation sites (tertiary alicyclic amines) is 1. The van der Waals surface area contributed by atoms with Crippen molar-refractivity contribution in [3.63, 3.8) is 0 Å². The fourth-order valence-electron chi connectivity index (χ4n) is 6.60. The summed E-state index contributed by atoms with van der Waals surface area (Å²) in [6, 6.07) is 5.71. The SMILES string of the molecule is C#Cc1c(F)ccc2cc(O)cc(-c3c(F)cc4c(N5CCOC[C@@](C)(O)C5)nc(OCC5(C)CN(C)CC/C5=C\F)nc4c3F)c12. The number of fused-ring (bicyclic) bond motifs is 2. The van der Waals surface area contributed by atoms with Crippen LogP contribution in [0.5, 0.6) is 11.8 Å². The van der Waals surface area contributed by atoms with Crippen LogP contribution in [0.25, 0.3) is 32.8 Å². The number of aromatic hydroxyl groups is 1. The van der Waals surface area contributed by atoms with Gasteiger partial charge < -0.3 is 29.5 Å². The van der Waals surface area contributed by atoms with Gasteiger partial charge in [0.15, 0.2) is 5.82 Å². The number of benzene rings is 3. The summed E-state index contributed by atoms with van der Waals surface area (Å²) in [5.41, 5.74) is -2.82. The number of β-amino-alcohol motifs (C(OH)–C–C–N with tert-alkyl or cyclic N) is 1. The molecule has 12 heteroatoms. The van der Waals surface area contributed by atoms with Crippen molar-refractivity contribution in [1.82, 2.24) is 14.9 Å². The van der Waals surface area contributed by atoms with Crippen molar-refractivity contribution in [3.05, 3.63) is 65.2 Å². The van der Waals surface area contributed by atoms with Gasteiger partial charge in [0.2, 0.25) is 0 Å². The molecule has 6 rings (SSSR count). The van der Waals surface area contributed by atoms with Crippen LogP contribution in [0, 0.1) is 35.2 Å². The molecular formula is C35H34F4N4O4. The summed E-state index contributed by atoms with van der Waals surface area (Å²) in [6.45, 7) is 5.02. The summed E-state index contributed by atoms with van der Waals surface area (Å²) in [6.07, 6.45) is 6.70. The molecule has 2 aliphatic rings. The minimum Gasteiger partial charge on any atom is -0.508 e. The fraction of sp³-hybridized carbons (Fsp3) is 0.371. The lowest BCUT2D eigenvalue weighted by Crippen LogP contribution is -2.44. The van der Waals surface area contributed by atoms with Gasteiger partial charge in [0.05, 0.1) is 37.2 Å². The van der Waals surface area contributed by atoms with Crippen LogP contribution < -0.4 is 9.64 Å². The fourth-order valence-corrected chi connectivity index (χ4v) is 6.60. The summed E-state index contributed by atoms with van der Waals surface area (Å²) in [5, 5.41) is 21.7. The summed E-state index contributed by atoms with van der Waals surface area (Å²) >= 11 is 0. The number of halogens is 4. The van der Waals surface area contributed by atoms with Gasteiger partial charge in [0, 0.05) is 41.4 Å². The van der Waals surface area contributed by atoms with Crippen LogP contribution in [-0.4, -0.2) is 83.7 Å². The Kier molecular flexibility index (Phi) is 8.50. The number of rotatable bonds is 5. The van der Waals surface area contributed by atoms with Crippen LogP contribution in [0.15, 0.2) is 42.2 Å². The second kappa shape index (κ2) is 12.3. The van der Waals surface area contributed by atoms with E-state index in [1.165, 1.54) is 12.1 Å². The van der Waals surface area contributed by atoms with E-state index in [1.807, 2.05) is 18.9 Å². The summed E-state index contributed by atoms with van der Waals surface area (Å²) in [5.74, 6) is -0.911. The van der Waals surface area contributed by atoms with Crippen LogP contribution in [0.4, 0.5) is 23.4 Å². The molecule has 1 aromatic heterocycles. The van der Waals surface area contributed by atoms with Crippen LogP contribution >= 0.6 is 0 Å². The van der Waals surface area contributed by atoms with Gasteiger partial charge in [-0.3, -0.25) is 0 Å². The number of nitrogens with zero attached hydrogens (tertiary/aromatic N) is 4. The Labute approximate surface area is 269 Å². The molecule has 4 aromatic rings. The second-order valence-corrected chi connectivity index (χ2v) is 12.9. The molecule has 2 aliphatic heterocycles. The number of aliphatic hydroxyl groups is 1. The highest BCUT2D eigenvalue weighted by Gasteiger charge is 2.36. The zero-order valence-corrected chi connectivity index (χ0v) is 26.2. The van der Waals surface area contributed by atoms with Crippen LogP contribution in [0.2, 0.25) is 0 Å². The Bertz CT molecular complexity index is 1960. The van der Waals surface area contributed by atoms with Crippen LogP contribution in [-0.2, 0) is 4.74 Å². The molecule has 8 nitrogen and oxygen atoms in total. The summed E-state index contributed by atoms with van der Waals surface area (Å²) in [7, 11) is 1.92. The number of phenols is 1. The predicted molar refractivity (Wildman–Crippen MR) is 171 cm³/mol. The minimum absolute atomic E-state index is 0.0167. The number of terminal acetylenes is 1. The smallest absolute Gasteiger partial charge is 0.319 e. The Morgan fingerprint density at radius 2 is 1.89 bits per heavy atom. The average molecular weight is 651 g/mol. The number of ether oxygens (including phenoxy) is 2. The molecule has 47 heavy (non-hydrogen) atoms. The first kappa shape index (κ1) is 32.5. The monoisotopic (exact) mass is 650 g/mol. The third kappa shape index (κ3) is 6.06. The molecule has 2 atom stereocenters. The van der Waals surface area contributed by atoms with E-state index in [1.54, 1.807) is 11.8 Å². The lowest BCUT2D eigenvalue weighted by molar-refractivity contribution is -0.0123. The molecule has 3 aromatic carbocycles. The number of hydrogen-bond acceptors (Lipinski definition) is 8. The van der Waals surface area contributed by atoms with Gasteiger partial charge in [-0.15, -0.1) is 6.42 Å². The standard InChI is InChI=1S/C35H34F4N4O4/c1-5-23-26(37)7-6-20-12-22(44)13-24(28(20)23)29-27(38)14-25-31(30(29)39)40-33(41-32(25)43-10-11-46-19-35(3,45)17-43)47-18-34(2)16-42(4)9-8-21(34)15-36/h1,6-7,12-15,44-45H,8-11,16-19H2,2-4H3/b21-15+/t34?,35-/m0/s1. The molecule has 0 bridgehead atoms. The molecular weight excluding hydrogens is 616 g/mol. The van der Waals surface area contributed by atoms with Crippen molar-refractivity contribution < 1.29 is 37.2 Å². The van der Waals surface area contributed by atoms with E-state index in [9.17, 15) is 19.0 Å². The van der Waals surface area contributed by atoms with E-state index in [2.05, 4.69) is 15.9 Å². The highest BCUT2D eigenvalue weighted by Crippen LogP contribution is 2.42. The topological polar surface area (TPSA) is 91.2 Å². The molecule has 0 aliphatic carbocycles. The Morgan fingerprint density at radius 1 is 1.11 bits per heavy atom. The van der Waals surface area contributed by atoms with Crippen molar-refractivity contribution in [2.45, 2.75) is 25.9 Å². The Hall–Kier alpha value is -4.44. The summed E-state index contributed by atoms with van der Waals surface area (Å²) < 4.78 is 73.4. The van der Waals surface area contributed by atoms with E-state index >= 15 is 8.78 Å². The van der Waals surface area contributed by atoms with Crippen LogP contribution in [0.3, 0.4) is 0 Å². The Morgan fingerprint density at radius 3 is 2.64 bits per heavy atom. The predicted octanol–water partition coefficient (Wildman–Crippen LogP) is 5.72. The normalized spacial score (nSPS) is 23.3. The minimum atomic E-state index is -1.32. The van der Waals surface area contributed by atoms with Crippen molar-refractivity contribution in [2.75, 3.05) is 57.9 Å². The van der Waals surface area contributed by atoms with Gasteiger partial charge in [0.1, 0.15) is 40.9 Å². The lowest BCUT2D eigenvalue weighted by Gasteiger charge is -2.40. The third-order valence-corrected chi connectivity index (χ3v) is 8.87. The molecule has 0 amide bonds. The van der Waals surface area contributed by atoms with Crippen molar-refractivity contribution in [1.29, 1.82) is 0 Å². The van der Waals surface area contributed by atoms with Crippen molar-refractivity contribution in [2.24, 2.45) is 5.41 Å². The number of hydrogen-bond donors (Lipinski definition) is 2. The van der Waals surface area contributed by atoms with Gasteiger partial charge >= 0.3 is 6.01 Å². The molecule has 2 saturated heterocycles. The molecule has 246 valence electrons. The van der Waals surface area contributed by atoms with Gasteiger partial charge in [-0.2, -0.15) is 9.97 Å². The van der Waals surface area contributed by atoms with E-state index in [0.717, 1.165) is 18.2 Å². The largest absolute Gasteiger partial charge is 0.508 e. The number of piperidine rings is 1. The van der Waals surface area contributed by atoms with E-state index < -0.39 is 34.0 Å². The molecule has 3 heterocycles. The first-order chi connectivity index (χ1) is 22.3. The Balaban J connectivity index is 1.57. The van der Waals surface area contributed by atoms with Crippen LogP contribution in [0.1, 0.15) is 25.8 Å². The van der Waals surface area contributed by atoms with Gasteiger partial charge in [-0.25, -0.2) is 17.6 Å². The highest BCUT2D eigenvalue weighted by molar-refractivity contribution is 6.04. The third-order valence-electron chi connectivity index (χ3n) is 8.87. The number of aromatic nitrogens is 2. The first-order valence-corrected chi connectivity index (χ1v) is 15.1. The van der Waals surface area contributed by atoms with Crippen molar-refractivity contribution >= 4 is 27.5 Å². The second-order valence-electron chi connectivity index (χ2n) is 12.9. The van der Waals surface area contributed by atoms with E-state index in [4.69, 9.17) is 15.9 Å². The molecule has 2 N–H and O–H groups in total. The maximum atomic E-state index is 16.8. The average Bonchev–Trinajstić information content (AvgIpc) is 3.20. The first-order valence-electron chi connectivity index (χ1n) is 15.1. The van der Waals surface area contributed by atoms with Gasteiger partial charge in [0.25, 0.3) is 0 Å². The number of anilines is 1. The van der Waals surface area contributed by atoms with Gasteiger partial charge in [-0.1, -0.05) is 18.9 Å². The number of phenolic OH excluding ortho intramolecular Hbond substituents is 1. The molecule has 0 saturated carbocycles. The zero-order chi connectivity index (χ0) is 33.7. The van der Waals surface area contributed by atoms with E-state index in [0.29, 0.717) is 31.4 Å². The molecule has 0 radical (unpaired) electrons. The highest BCUT2D eigenvalue weighted by atomic mass is 19.1. The zero-order valence-electron chi connectivity index (χ0n) is 26.2. The van der Waals surface area contributed by atoms with E-state index in [-0.39, 0.29) is 83.3 Å². The molecule has 0 spiro atoms. The maximum absolute atomic E-state index is 16.8. The molecule has 1 unspecified atom stereocenters. The maximum Gasteiger partial charge on any atom is 0.319 e. The summed E-state index contributed by atoms with van der Waals surface area (Å²) in [4.78, 5) is 12.6. The van der Waals surface area contributed by atoms with Crippen molar-refractivity contribution in [3.8, 4) is 35.2 Å². The lowest BCUT2D eigenvalue weighted by atomic mass is 9.78. The molecule has 2 fully saturated rings. The van der Waals surface area contributed by atoms with Gasteiger partial charge in [-0.05, 0) is 55.6 Å². The quantitative estimate of drug-likeness (QED) is 0.210.